The summed E-state index contributed by atoms with van der Waals surface area (Å²) in [5.74, 6) is 0.904. The standard InChI is InChI=1S/C15H22N2O/c1-4-17(10-12-5-6-12)15(18)13-7-8-14(16-3)11(2)9-13/h7-9,12,16H,4-6,10H2,1-3H3. The smallest absolute Gasteiger partial charge is 0.253 e. The molecule has 98 valence electrons. The van der Waals surface area contributed by atoms with Crippen LogP contribution < -0.4 is 5.32 Å². The Morgan fingerprint density at radius 3 is 2.67 bits per heavy atom. The third-order valence-electron chi connectivity index (χ3n) is 3.59. The zero-order valence-electron chi connectivity index (χ0n) is 11.5. The fourth-order valence-electron chi connectivity index (χ4n) is 2.23. The largest absolute Gasteiger partial charge is 0.388 e. The Morgan fingerprint density at radius 2 is 2.17 bits per heavy atom. The molecule has 0 unspecified atom stereocenters. The molecule has 3 heteroatoms. The Balaban J connectivity index is 2.13. The lowest BCUT2D eigenvalue weighted by Gasteiger charge is -2.21. The number of nitrogens with one attached hydrogen (secondary N) is 1. The van der Waals surface area contributed by atoms with Crippen LogP contribution in [0.2, 0.25) is 0 Å². The van der Waals surface area contributed by atoms with Gasteiger partial charge in [-0.2, -0.15) is 0 Å². The second kappa shape index (κ2) is 5.42. The number of rotatable bonds is 5. The minimum atomic E-state index is 0.162. The van der Waals surface area contributed by atoms with Crippen LogP contribution in [-0.4, -0.2) is 30.9 Å². The molecule has 0 atom stereocenters. The summed E-state index contributed by atoms with van der Waals surface area (Å²) in [6.45, 7) is 5.79. The quantitative estimate of drug-likeness (QED) is 0.866. The van der Waals surface area contributed by atoms with Crippen molar-refractivity contribution in [2.45, 2.75) is 26.7 Å². The molecule has 2 rings (SSSR count). The molecule has 3 nitrogen and oxygen atoms in total. The number of anilines is 1. The molecule has 0 aliphatic heterocycles. The third kappa shape index (κ3) is 2.84. The van der Waals surface area contributed by atoms with E-state index in [0.29, 0.717) is 0 Å². The van der Waals surface area contributed by atoms with Crippen molar-refractivity contribution in [3.63, 3.8) is 0 Å². The zero-order chi connectivity index (χ0) is 13.1. The summed E-state index contributed by atoms with van der Waals surface area (Å²) in [6, 6.07) is 5.87. The van der Waals surface area contributed by atoms with Crippen molar-refractivity contribution in [2.75, 3.05) is 25.5 Å². The minimum absolute atomic E-state index is 0.162. The molecule has 1 N–H and O–H groups in total. The Morgan fingerprint density at radius 1 is 1.44 bits per heavy atom. The SMILES string of the molecule is CCN(CC1CC1)C(=O)c1ccc(NC)c(C)c1. The molecule has 0 spiro atoms. The maximum Gasteiger partial charge on any atom is 0.253 e. The fraction of sp³-hybridized carbons (Fsp3) is 0.533. The van der Waals surface area contributed by atoms with E-state index in [-0.39, 0.29) is 5.91 Å². The predicted molar refractivity (Wildman–Crippen MR) is 75.0 cm³/mol. The number of carbonyl (C=O) groups is 1. The molecule has 1 amide bonds. The van der Waals surface area contributed by atoms with Crippen LogP contribution in [0, 0.1) is 12.8 Å². The summed E-state index contributed by atoms with van der Waals surface area (Å²) < 4.78 is 0. The highest BCUT2D eigenvalue weighted by atomic mass is 16.2. The van der Waals surface area contributed by atoms with Gasteiger partial charge in [0.15, 0.2) is 0 Å². The number of amides is 1. The highest BCUT2D eigenvalue weighted by molar-refractivity contribution is 5.95. The van der Waals surface area contributed by atoms with Gasteiger partial charge < -0.3 is 10.2 Å². The van der Waals surface area contributed by atoms with Crippen LogP contribution in [0.25, 0.3) is 0 Å². The Hall–Kier alpha value is -1.51. The van der Waals surface area contributed by atoms with E-state index in [4.69, 9.17) is 0 Å². The monoisotopic (exact) mass is 246 g/mol. The van der Waals surface area contributed by atoms with Crippen molar-refractivity contribution in [1.29, 1.82) is 0 Å². The zero-order valence-corrected chi connectivity index (χ0v) is 11.5. The number of hydrogen-bond acceptors (Lipinski definition) is 2. The lowest BCUT2D eigenvalue weighted by atomic mass is 10.1. The van der Waals surface area contributed by atoms with Gasteiger partial charge in [-0.1, -0.05) is 0 Å². The first kappa shape index (κ1) is 12.9. The number of carbonyl (C=O) groups excluding carboxylic acids is 1. The van der Waals surface area contributed by atoms with Crippen LogP contribution in [0.5, 0.6) is 0 Å². The van der Waals surface area contributed by atoms with E-state index >= 15 is 0 Å². The van der Waals surface area contributed by atoms with Gasteiger partial charge in [0.05, 0.1) is 0 Å². The van der Waals surface area contributed by atoms with E-state index in [9.17, 15) is 4.79 Å². The summed E-state index contributed by atoms with van der Waals surface area (Å²) in [6.07, 6.45) is 2.56. The minimum Gasteiger partial charge on any atom is -0.388 e. The van der Waals surface area contributed by atoms with Gasteiger partial charge in [0.1, 0.15) is 0 Å². The van der Waals surface area contributed by atoms with Crippen molar-refractivity contribution in [3.05, 3.63) is 29.3 Å². The third-order valence-corrected chi connectivity index (χ3v) is 3.59. The Bertz CT molecular complexity index is 438. The van der Waals surface area contributed by atoms with Crippen LogP contribution in [-0.2, 0) is 0 Å². The fourth-order valence-corrected chi connectivity index (χ4v) is 2.23. The molecule has 1 aliphatic carbocycles. The first-order valence-electron chi connectivity index (χ1n) is 6.73. The highest BCUT2D eigenvalue weighted by Crippen LogP contribution is 2.30. The molecule has 0 bridgehead atoms. The molecular weight excluding hydrogens is 224 g/mol. The van der Waals surface area contributed by atoms with Crippen LogP contribution in [0.1, 0.15) is 35.7 Å². The van der Waals surface area contributed by atoms with Crippen LogP contribution in [0.15, 0.2) is 18.2 Å². The van der Waals surface area contributed by atoms with Gasteiger partial charge in [0.25, 0.3) is 5.91 Å². The van der Waals surface area contributed by atoms with Crippen LogP contribution in [0.3, 0.4) is 0 Å². The van der Waals surface area contributed by atoms with E-state index < -0.39 is 0 Å². The molecular formula is C15H22N2O. The van der Waals surface area contributed by atoms with E-state index in [1.165, 1.54) is 12.8 Å². The van der Waals surface area contributed by atoms with Crippen molar-refractivity contribution in [3.8, 4) is 0 Å². The van der Waals surface area contributed by atoms with Crippen molar-refractivity contribution >= 4 is 11.6 Å². The number of nitrogens with zero attached hydrogens (tertiary/aromatic N) is 1. The highest BCUT2D eigenvalue weighted by Gasteiger charge is 2.26. The summed E-state index contributed by atoms with van der Waals surface area (Å²) >= 11 is 0. The maximum atomic E-state index is 12.4. The Kier molecular flexibility index (Phi) is 3.90. The Labute approximate surface area is 109 Å². The van der Waals surface area contributed by atoms with E-state index in [1.54, 1.807) is 0 Å². The molecule has 1 saturated carbocycles. The lowest BCUT2D eigenvalue weighted by Crippen LogP contribution is -2.32. The number of aryl methyl sites for hydroxylation is 1. The molecule has 1 aromatic rings. The van der Waals surface area contributed by atoms with Gasteiger partial charge in [0.2, 0.25) is 0 Å². The molecule has 18 heavy (non-hydrogen) atoms. The van der Waals surface area contributed by atoms with Crippen LogP contribution in [0.4, 0.5) is 5.69 Å². The van der Waals surface area contributed by atoms with E-state index in [2.05, 4.69) is 12.2 Å². The van der Waals surface area contributed by atoms with Gasteiger partial charge in [-0.05, 0) is 56.4 Å². The first-order valence-corrected chi connectivity index (χ1v) is 6.73. The molecule has 0 radical (unpaired) electrons. The molecule has 1 aromatic carbocycles. The number of hydrogen-bond donors (Lipinski definition) is 1. The molecule has 1 fully saturated rings. The molecule has 0 aromatic heterocycles. The lowest BCUT2D eigenvalue weighted by molar-refractivity contribution is 0.0757. The predicted octanol–water partition coefficient (Wildman–Crippen LogP) is 2.91. The molecule has 0 heterocycles. The van der Waals surface area contributed by atoms with Gasteiger partial charge in [0, 0.05) is 31.4 Å². The summed E-state index contributed by atoms with van der Waals surface area (Å²) in [4.78, 5) is 14.4. The topological polar surface area (TPSA) is 32.3 Å². The van der Waals surface area contributed by atoms with Crippen molar-refractivity contribution in [1.82, 2.24) is 4.90 Å². The average molecular weight is 246 g/mol. The van der Waals surface area contributed by atoms with E-state index in [1.807, 2.05) is 37.1 Å². The van der Waals surface area contributed by atoms with Gasteiger partial charge in [-0.15, -0.1) is 0 Å². The van der Waals surface area contributed by atoms with E-state index in [0.717, 1.165) is 35.8 Å². The maximum absolute atomic E-state index is 12.4. The molecule has 1 aliphatic rings. The summed E-state index contributed by atoms with van der Waals surface area (Å²) in [7, 11) is 1.90. The van der Waals surface area contributed by atoms with Crippen molar-refractivity contribution < 1.29 is 4.79 Å². The molecule has 0 saturated heterocycles. The number of benzene rings is 1. The van der Waals surface area contributed by atoms with Gasteiger partial charge in [-0.25, -0.2) is 0 Å². The van der Waals surface area contributed by atoms with Crippen LogP contribution >= 0.6 is 0 Å². The van der Waals surface area contributed by atoms with Gasteiger partial charge >= 0.3 is 0 Å². The van der Waals surface area contributed by atoms with Crippen molar-refractivity contribution in [2.24, 2.45) is 5.92 Å². The second-order valence-corrected chi connectivity index (χ2v) is 5.07. The normalized spacial score (nSPS) is 14.4. The summed E-state index contributed by atoms with van der Waals surface area (Å²) in [5.41, 5.74) is 3.00. The summed E-state index contributed by atoms with van der Waals surface area (Å²) in [5, 5.41) is 3.12. The average Bonchev–Trinajstić information content (AvgIpc) is 3.19. The second-order valence-electron chi connectivity index (χ2n) is 5.07. The first-order chi connectivity index (χ1) is 8.65. The van der Waals surface area contributed by atoms with Gasteiger partial charge in [-0.3, -0.25) is 4.79 Å².